The highest BCUT2D eigenvalue weighted by molar-refractivity contribution is 5.89. The normalized spacial score (nSPS) is 15.2. The molecule has 0 radical (unpaired) electrons. The van der Waals surface area contributed by atoms with E-state index in [1.165, 1.54) is 23.8 Å². The van der Waals surface area contributed by atoms with Gasteiger partial charge >= 0.3 is 5.97 Å². The van der Waals surface area contributed by atoms with Crippen LogP contribution < -0.4 is 9.47 Å². The van der Waals surface area contributed by atoms with E-state index in [1.807, 2.05) is 30.3 Å². The third-order valence-corrected chi connectivity index (χ3v) is 5.48. The third-order valence-electron chi connectivity index (χ3n) is 5.48. The second kappa shape index (κ2) is 9.76. The van der Waals surface area contributed by atoms with Crippen molar-refractivity contribution in [3.8, 4) is 11.5 Å². The number of benzene rings is 2. The highest BCUT2D eigenvalue weighted by Crippen LogP contribution is 2.31. The summed E-state index contributed by atoms with van der Waals surface area (Å²) in [5.41, 5.74) is 4.29. The summed E-state index contributed by atoms with van der Waals surface area (Å²) in [5, 5.41) is 0. The highest BCUT2D eigenvalue weighted by Gasteiger charge is 2.19. The zero-order chi connectivity index (χ0) is 20.8. The molecule has 2 aromatic rings. The summed E-state index contributed by atoms with van der Waals surface area (Å²) in [7, 11) is 4.74. The molecule has 156 valence electrons. The van der Waals surface area contributed by atoms with Crippen molar-refractivity contribution in [2.45, 2.75) is 20.0 Å². The quantitative estimate of drug-likeness (QED) is 0.668. The van der Waals surface area contributed by atoms with Gasteiger partial charge in [-0.25, -0.2) is 4.79 Å². The average molecular weight is 399 g/mol. The Balaban J connectivity index is 1.54. The molecule has 0 amide bonds. The molecule has 2 aromatic carbocycles. The minimum atomic E-state index is -0.296. The molecule has 6 heteroatoms. The predicted octanol–water partition coefficient (Wildman–Crippen LogP) is 3.12. The topological polar surface area (TPSA) is 51.2 Å². The van der Waals surface area contributed by atoms with Crippen LogP contribution in [0.2, 0.25) is 0 Å². The lowest BCUT2D eigenvalue weighted by atomic mass is 10.1. The smallest absolute Gasteiger partial charge is 0.337 e. The van der Waals surface area contributed by atoms with Crippen LogP contribution in [-0.2, 0) is 17.8 Å². The Kier molecular flexibility index (Phi) is 7.12. The van der Waals surface area contributed by atoms with Crippen LogP contribution >= 0.6 is 0 Å². The molecule has 0 aliphatic carbocycles. The fourth-order valence-corrected chi connectivity index (χ4v) is 3.66. The van der Waals surface area contributed by atoms with Crippen molar-refractivity contribution in [2.24, 2.45) is 0 Å². The minimum absolute atomic E-state index is 0.296. The molecular weight excluding hydrogens is 368 g/mol. The van der Waals surface area contributed by atoms with E-state index in [4.69, 9.17) is 14.2 Å². The van der Waals surface area contributed by atoms with Crippen molar-refractivity contribution >= 4 is 5.97 Å². The van der Waals surface area contributed by atoms with Crippen molar-refractivity contribution in [1.29, 1.82) is 0 Å². The summed E-state index contributed by atoms with van der Waals surface area (Å²) < 4.78 is 15.6. The Labute approximate surface area is 173 Å². The lowest BCUT2D eigenvalue weighted by molar-refractivity contribution is 0.0600. The number of aryl methyl sites for hydroxylation is 1. The van der Waals surface area contributed by atoms with Gasteiger partial charge in [-0.3, -0.25) is 9.80 Å². The Bertz CT molecular complexity index is 828. The Morgan fingerprint density at radius 3 is 1.97 bits per heavy atom. The SMILES string of the molecule is COC(=O)c1ccc(CN2CCN(Cc3cc(OC)c(OC)cc3C)CC2)cc1. The fraction of sp³-hybridized carbons (Fsp3) is 0.435. The van der Waals surface area contributed by atoms with Crippen LogP contribution in [0.4, 0.5) is 0 Å². The molecule has 3 rings (SSSR count). The van der Waals surface area contributed by atoms with Crippen molar-refractivity contribution in [1.82, 2.24) is 9.80 Å². The molecule has 0 bridgehead atoms. The summed E-state index contributed by atoms with van der Waals surface area (Å²) in [6.45, 7) is 8.00. The highest BCUT2D eigenvalue weighted by atomic mass is 16.5. The van der Waals surface area contributed by atoms with Gasteiger partial charge in [-0.05, 0) is 47.9 Å². The van der Waals surface area contributed by atoms with E-state index in [-0.39, 0.29) is 5.97 Å². The van der Waals surface area contributed by atoms with Gasteiger partial charge in [0.15, 0.2) is 11.5 Å². The standard InChI is InChI=1S/C23H30N2O4/c1-17-13-21(27-2)22(28-3)14-20(17)16-25-11-9-24(10-12-25)15-18-5-7-19(8-6-18)23(26)29-4/h5-8,13-14H,9-12,15-16H2,1-4H3. The number of piperazine rings is 1. The van der Waals surface area contributed by atoms with E-state index in [1.54, 1.807) is 14.2 Å². The number of methoxy groups -OCH3 is 3. The van der Waals surface area contributed by atoms with Crippen LogP contribution in [0.1, 0.15) is 27.0 Å². The number of rotatable bonds is 7. The molecular formula is C23H30N2O4. The number of hydrogen-bond acceptors (Lipinski definition) is 6. The molecule has 1 fully saturated rings. The van der Waals surface area contributed by atoms with Crippen molar-refractivity contribution in [3.05, 3.63) is 58.7 Å². The maximum atomic E-state index is 11.5. The number of esters is 1. The second-order valence-corrected chi connectivity index (χ2v) is 7.37. The van der Waals surface area contributed by atoms with Crippen LogP contribution in [0.15, 0.2) is 36.4 Å². The molecule has 1 heterocycles. The van der Waals surface area contributed by atoms with Crippen molar-refractivity contribution in [2.75, 3.05) is 47.5 Å². The fourth-order valence-electron chi connectivity index (χ4n) is 3.66. The van der Waals surface area contributed by atoms with E-state index in [0.29, 0.717) is 5.56 Å². The molecule has 1 aliphatic rings. The van der Waals surface area contributed by atoms with E-state index in [9.17, 15) is 4.79 Å². The number of nitrogens with zero attached hydrogens (tertiary/aromatic N) is 2. The van der Waals surface area contributed by atoms with Crippen molar-refractivity contribution in [3.63, 3.8) is 0 Å². The summed E-state index contributed by atoms with van der Waals surface area (Å²) in [6.07, 6.45) is 0. The summed E-state index contributed by atoms with van der Waals surface area (Å²) in [5.74, 6) is 1.26. The van der Waals surface area contributed by atoms with Crippen molar-refractivity contribution < 1.29 is 19.0 Å². The summed E-state index contributed by atoms with van der Waals surface area (Å²) >= 11 is 0. The molecule has 0 atom stereocenters. The maximum absolute atomic E-state index is 11.5. The van der Waals surface area contributed by atoms with Gasteiger partial charge in [-0.2, -0.15) is 0 Å². The molecule has 29 heavy (non-hydrogen) atoms. The average Bonchev–Trinajstić information content (AvgIpc) is 2.76. The van der Waals surface area contributed by atoms with Gasteiger partial charge in [-0.1, -0.05) is 12.1 Å². The summed E-state index contributed by atoms with van der Waals surface area (Å²) in [6, 6.07) is 11.8. The van der Waals surface area contributed by atoms with E-state index in [2.05, 4.69) is 22.8 Å². The Hall–Kier alpha value is -2.57. The molecule has 0 N–H and O–H groups in total. The van der Waals surface area contributed by atoms with Gasteiger partial charge < -0.3 is 14.2 Å². The third kappa shape index (κ3) is 5.28. The van der Waals surface area contributed by atoms with Gasteiger partial charge in [0.2, 0.25) is 0 Å². The molecule has 1 saturated heterocycles. The molecule has 0 unspecified atom stereocenters. The van der Waals surface area contributed by atoms with Gasteiger partial charge in [-0.15, -0.1) is 0 Å². The zero-order valence-corrected chi connectivity index (χ0v) is 17.7. The maximum Gasteiger partial charge on any atom is 0.337 e. The van der Waals surface area contributed by atoms with Crippen LogP contribution in [-0.4, -0.2) is 63.3 Å². The van der Waals surface area contributed by atoms with Crippen LogP contribution in [0.5, 0.6) is 11.5 Å². The van der Waals surface area contributed by atoms with Crippen LogP contribution in [0.25, 0.3) is 0 Å². The van der Waals surface area contributed by atoms with E-state index in [0.717, 1.165) is 50.8 Å². The van der Waals surface area contributed by atoms with E-state index >= 15 is 0 Å². The van der Waals surface area contributed by atoms with Gasteiger partial charge in [0.1, 0.15) is 0 Å². The van der Waals surface area contributed by atoms with Gasteiger partial charge in [0.25, 0.3) is 0 Å². The van der Waals surface area contributed by atoms with Gasteiger partial charge in [0, 0.05) is 39.3 Å². The minimum Gasteiger partial charge on any atom is -0.493 e. The largest absolute Gasteiger partial charge is 0.493 e. The Morgan fingerprint density at radius 2 is 1.41 bits per heavy atom. The van der Waals surface area contributed by atoms with Crippen LogP contribution in [0, 0.1) is 6.92 Å². The first-order valence-corrected chi connectivity index (χ1v) is 9.87. The zero-order valence-electron chi connectivity index (χ0n) is 17.7. The number of carbonyl (C=O) groups is 1. The monoisotopic (exact) mass is 398 g/mol. The molecule has 0 saturated carbocycles. The first-order valence-electron chi connectivity index (χ1n) is 9.87. The number of hydrogen-bond donors (Lipinski definition) is 0. The second-order valence-electron chi connectivity index (χ2n) is 7.37. The molecule has 0 aromatic heterocycles. The number of carbonyl (C=O) groups excluding carboxylic acids is 1. The summed E-state index contributed by atoms with van der Waals surface area (Å²) in [4.78, 5) is 16.5. The first kappa shape index (κ1) is 21.1. The molecule has 1 aliphatic heterocycles. The lowest BCUT2D eigenvalue weighted by Crippen LogP contribution is -2.45. The van der Waals surface area contributed by atoms with Crippen LogP contribution in [0.3, 0.4) is 0 Å². The van der Waals surface area contributed by atoms with E-state index < -0.39 is 0 Å². The molecule has 6 nitrogen and oxygen atoms in total. The Morgan fingerprint density at radius 1 is 0.862 bits per heavy atom. The number of ether oxygens (including phenoxy) is 3. The lowest BCUT2D eigenvalue weighted by Gasteiger charge is -2.35. The first-order chi connectivity index (χ1) is 14.0. The predicted molar refractivity (Wildman–Crippen MR) is 113 cm³/mol. The van der Waals surface area contributed by atoms with Gasteiger partial charge in [0.05, 0.1) is 26.9 Å². The molecule has 0 spiro atoms.